The second-order valence-electron chi connectivity index (χ2n) is 7.58. The topological polar surface area (TPSA) is 146 Å². The van der Waals surface area contributed by atoms with Crippen LogP contribution in [0.2, 0.25) is 0 Å². The predicted octanol–water partition coefficient (Wildman–Crippen LogP) is 3.26. The molecule has 0 aliphatic heterocycles. The van der Waals surface area contributed by atoms with Crippen LogP contribution < -0.4 is 10.0 Å². The first kappa shape index (κ1) is 23.3. The molecule has 0 fully saturated rings. The van der Waals surface area contributed by atoms with Crippen LogP contribution in [0.15, 0.2) is 30.7 Å². The number of carbonyl (C=O) groups is 1. The van der Waals surface area contributed by atoms with Gasteiger partial charge in [0.2, 0.25) is 15.8 Å². The molecule has 0 radical (unpaired) electrons. The fourth-order valence-corrected chi connectivity index (χ4v) is 4.61. The van der Waals surface area contributed by atoms with E-state index in [9.17, 15) is 17.6 Å². The largest absolute Gasteiger partial charge is 0.364 e. The number of aromatic nitrogens is 5. The summed E-state index contributed by atoms with van der Waals surface area (Å²) in [6.07, 6.45) is 2.85. The highest BCUT2D eigenvalue weighted by Crippen LogP contribution is 2.30. The minimum atomic E-state index is -3.86. The van der Waals surface area contributed by atoms with Gasteiger partial charge in [-0.1, -0.05) is 6.92 Å². The van der Waals surface area contributed by atoms with E-state index in [1.807, 2.05) is 13.0 Å². The van der Waals surface area contributed by atoms with E-state index < -0.39 is 38.7 Å². The summed E-state index contributed by atoms with van der Waals surface area (Å²) >= 11 is 0. The molecule has 0 aliphatic carbocycles. The standard InChI is InChI=1S/C21H21F2N7O3S/c1-3-6-34(32,33)30-15-5-4-14(22)17(18(15)23)19(31)13-9-25-21-16(13)20(26-10-27-21)24-8-12-7-11(2)28-29-12/h4-5,7,9-10,30H,3,6,8H2,1-2H3,(H,28,29)(H2,24,25,26,27). The molecule has 178 valence electrons. The number of anilines is 2. The first-order chi connectivity index (χ1) is 16.2. The van der Waals surface area contributed by atoms with Gasteiger partial charge in [0.05, 0.1) is 40.2 Å². The maximum atomic E-state index is 15.2. The van der Waals surface area contributed by atoms with E-state index in [0.717, 1.165) is 17.8 Å². The fourth-order valence-electron chi connectivity index (χ4n) is 3.48. The van der Waals surface area contributed by atoms with Gasteiger partial charge in [-0.05, 0) is 31.5 Å². The first-order valence-electron chi connectivity index (χ1n) is 10.3. The molecule has 0 saturated carbocycles. The van der Waals surface area contributed by atoms with Crippen LogP contribution in [-0.4, -0.2) is 45.1 Å². The predicted molar refractivity (Wildman–Crippen MR) is 122 cm³/mol. The highest BCUT2D eigenvalue weighted by molar-refractivity contribution is 7.92. The molecule has 0 spiro atoms. The summed E-state index contributed by atoms with van der Waals surface area (Å²) in [5.74, 6) is -3.43. The van der Waals surface area contributed by atoms with Crippen LogP contribution in [0.5, 0.6) is 0 Å². The molecule has 3 heterocycles. The SMILES string of the molecule is CCCS(=O)(=O)Nc1ccc(F)c(C(=O)c2c[nH]c3ncnc(NCc4cc(C)[nH]n4)c23)c1F. The number of hydrogen-bond acceptors (Lipinski definition) is 7. The lowest BCUT2D eigenvalue weighted by atomic mass is 10.0. The summed E-state index contributed by atoms with van der Waals surface area (Å²) in [4.78, 5) is 24.3. The van der Waals surface area contributed by atoms with Crippen molar-refractivity contribution in [1.82, 2.24) is 25.1 Å². The van der Waals surface area contributed by atoms with E-state index >= 15 is 4.39 Å². The number of aryl methyl sites for hydroxylation is 1. The third-order valence-electron chi connectivity index (χ3n) is 4.97. The molecule has 0 amide bonds. The highest BCUT2D eigenvalue weighted by atomic mass is 32.2. The second-order valence-corrected chi connectivity index (χ2v) is 9.42. The first-order valence-corrected chi connectivity index (χ1v) is 12.0. The third kappa shape index (κ3) is 4.59. The molecule has 10 nitrogen and oxygen atoms in total. The summed E-state index contributed by atoms with van der Waals surface area (Å²) in [6.45, 7) is 3.77. The van der Waals surface area contributed by atoms with E-state index in [0.29, 0.717) is 12.1 Å². The zero-order valence-electron chi connectivity index (χ0n) is 18.2. The lowest BCUT2D eigenvalue weighted by Crippen LogP contribution is -2.18. The van der Waals surface area contributed by atoms with E-state index in [1.165, 1.54) is 12.5 Å². The molecule has 0 saturated heterocycles. The van der Waals surface area contributed by atoms with E-state index in [2.05, 4.69) is 35.2 Å². The van der Waals surface area contributed by atoms with Crippen molar-refractivity contribution in [3.05, 3.63) is 64.9 Å². The van der Waals surface area contributed by atoms with Gasteiger partial charge in [-0.25, -0.2) is 27.2 Å². The minimum Gasteiger partial charge on any atom is -0.364 e. The third-order valence-corrected chi connectivity index (χ3v) is 6.44. The van der Waals surface area contributed by atoms with Crippen molar-refractivity contribution in [2.24, 2.45) is 0 Å². The summed E-state index contributed by atoms with van der Waals surface area (Å²) < 4.78 is 56.0. The average molecular weight is 490 g/mol. The van der Waals surface area contributed by atoms with Crippen LogP contribution in [0.25, 0.3) is 11.0 Å². The van der Waals surface area contributed by atoms with Crippen LogP contribution in [-0.2, 0) is 16.6 Å². The lowest BCUT2D eigenvalue weighted by molar-refractivity contribution is 0.103. The van der Waals surface area contributed by atoms with E-state index in [1.54, 1.807) is 6.92 Å². The van der Waals surface area contributed by atoms with Gasteiger partial charge in [-0.15, -0.1) is 0 Å². The van der Waals surface area contributed by atoms with Crippen molar-refractivity contribution >= 4 is 38.3 Å². The van der Waals surface area contributed by atoms with Gasteiger partial charge < -0.3 is 10.3 Å². The zero-order chi connectivity index (χ0) is 24.5. The Labute approximate surface area is 193 Å². The Kier molecular flexibility index (Phi) is 6.28. The number of aromatic amines is 2. The fraction of sp³-hybridized carbons (Fsp3) is 0.238. The van der Waals surface area contributed by atoms with Crippen LogP contribution in [0.3, 0.4) is 0 Å². The van der Waals surface area contributed by atoms with Crippen molar-refractivity contribution < 1.29 is 22.0 Å². The van der Waals surface area contributed by atoms with Crippen LogP contribution >= 0.6 is 0 Å². The molecule has 0 atom stereocenters. The van der Waals surface area contributed by atoms with E-state index in [4.69, 9.17) is 0 Å². The molecule has 0 bridgehead atoms. The number of hydrogen-bond donors (Lipinski definition) is 4. The maximum absolute atomic E-state index is 15.2. The average Bonchev–Trinajstić information content (AvgIpc) is 3.40. The lowest BCUT2D eigenvalue weighted by Gasteiger charge is -2.12. The number of nitrogens with one attached hydrogen (secondary N) is 4. The minimum absolute atomic E-state index is 0.0809. The number of benzene rings is 1. The van der Waals surface area contributed by atoms with Crippen LogP contribution in [0.4, 0.5) is 20.3 Å². The number of nitrogens with zero attached hydrogens (tertiary/aromatic N) is 3. The van der Waals surface area contributed by atoms with Crippen molar-refractivity contribution in [3.8, 4) is 0 Å². The molecule has 4 aromatic rings. The van der Waals surface area contributed by atoms with E-state index in [-0.39, 0.29) is 34.7 Å². The monoisotopic (exact) mass is 489 g/mol. The van der Waals surface area contributed by atoms with Gasteiger partial charge >= 0.3 is 0 Å². The Morgan fingerprint density at radius 1 is 1.21 bits per heavy atom. The van der Waals surface area contributed by atoms with Crippen molar-refractivity contribution in [3.63, 3.8) is 0 Å². The zero-order valence-corrected chi connectivity index (χ0v) is 19.1. The summed E-state index contributed by atoms with van der Waals surface area (Å²) in [5.41, 5.74) is 0.346. The normalized spacial score (nSPS) is 11.6. The number of rotatable bonds is 9. The second kappa shape index (κ2) is 9.17. The van der Waals surface area contributed by atoms with Crippen molar-refractivity contribution in [2.45, 2.75) is 26.8 Å². The summed E-state index contributed by atoms with van der Waals surface area (Å²) in [5, 5.41) is 10.2. The van der Waals surface area contributed by atoms with Gasteiger partial charge in [0.25, 0.3) is 0 Å². The van der Waals surface area contributed by atoms with Crippen molar-refractivity contribution in [2.75, 3.05) is 15.8 Å². The van der Waals surface area contributed by atoms with Crippen LogP contribution in [0, 0.1) is 18.6 Å². The highest BCUT2D eigenvalue weighted by Gasteiger charge is 2.27. The molecule has 34 heavy (non-hydrogen) atoms. The quantitative estimate of drug-likeness (QED) is 0.264. The Bertz CT molecular complexity index is 1480. The number of H-pyrrole nitrogens is 2. The van der Waals surface area contributed by atoms with Gasteiger partial charge in [-0.3, -0.25) is 14.6 Å². The van der Waals surface area contributed by atoms with Crippen molar-refractivity contribution in [1.29, 1.82) is 0 Å². The smallest absolute Gasteiger partial charge is 0.232 e. The summed E-state index contributed by atoms with van der Waals surface area (Å²) in [7, 11) is -3.86. The number of carbonyl (C=O) groups excluding carboxylic acids is 1. The molecule has 4 rings (SSSR count). The molecule has 0 aliphatic rings. The number of fused-ring (bicyclic) bond motifs is 1. The Balaban J connectivity index is 1.72. The van der Waals surface area contributed by atoms with Gasteiger partial charge in [0.15, 0.2) is 5.82 Å². The van der Waals surface area contributed by atoms with Crippen LogP contribution in [0.1, 0.15) is 40.7 Å². The molecule has 4 N–H and O–H groups in total. The molecular weight excluding hydrogens is 468 g/mol. The maximum Gasteiger partial charge on any atom is 0.232 e. The van der Waals surface area contributed by atoms with Gasteiger partial charge in [0.1, 0.15) is 23.6 Å². The number of halogens is 2. The number of sulfonamides is 1. The molecule has 3 aromatic heterocycles. The van der Waals surface area contributed by atoms with Gasteiger partial charge in [-0.2, -0.15) is 5.10 Å². The molecule has 0 unspecified atom stereocenters. The Hall–Kier alpha value is -3.87. The number of ketones is 1. The molecule has 1 aromatic carbocycles. The summed E-state index contributed by atoms with van der Waals surface area (Å²) in [6, 6.07) is 3.60. The van der Waals surface area contributed by atoms with Gasteiger partial charge in [0, 0.05) is 11.9 Å². The molecule has 13 heteroatoms. The molecular formula is C21H21F2N7O3S. The Morgan fingerprint density at radius 3 is 2.71 bits per heavy atom. The Morgan fingerprint density at radius 2 is 2.00 bits per heavy atom.